The van der Waals surface area contributed by atoms with Crippen LogP contribution in [-0.4, -0.2) is 19.0 Å². The number of rotatable bonds is 2. The molecule has 0 bridgehead atoms. The molecule has 7 heteroatoms. The molecule has 20 heavy (non-hydrogen) atoms. The molecule has 0 aliphatic carbocycles. The van der Waals surface area contributed by atoms with Gasteiger partial charge in [-0.3, -0.25) is 4.79 Å². The minimum atomic E-state index is -4.45. The van der Waals surface area contributed by atoms with Crippen LogP contribution in [0.15, 0.2) is 22.7 Å². The van der Waals surface area contributed by atoms with Gasteiger partial charge in [-0.05, 0) is 37.6 Å². The second kappa shape index (κ2) is 6.13. The third-order valence-electron chi connectivity index (χ3n) is 3.21. The number of halogens is 4. The number of piperidine rings is 1. The molecule has 0 spiro atoms. The van der Waals surface area contributed by atoms with Gasteiger partial charge in [0.25, 0.3) is 0 Å². The number of alkyl halides is 3. The van der Waals surface area contributed by atoms with Gasteiger partial charge in [0.1, 0.15) is 0 Å². The molecule has 1 heterocycles. The molecule has 1 amide bonds. The second-order valence-electron chi connectivity index (χ2n) is 4.72. The minimum absolute atomic E-state index is 0.0395. The monoisotopic (exact) mass is 350 g/mol. The summed E-state index contributed by atoms with van der Waals surface area (Å²) in [6.45, 7) is 1.44. The molecule has 110 valence electrons. The van der Waals surface area contributed by atoms with Gasteiger partial charge in [0.05, 0.1) is 11.5 Å². The van der Waals surface area contributed by atoms with Crippen molar-refractivity contribution in [3.63, 3.8) is 0 Å². The van der Waals surface area contributed by atoms with Crippen LogP contribution in [-0.2, 0) is 11.0 Å². The highest BCUT2D eigenvalue weighted by molar-refractivity contribution is 9.10. The van der Waals surface area contributed by atoms with Crippen molar-refractivity contribution in [1.29, 1.82) is 0 Å². The summed E-state index contributed by atoms with van der Waals surface area (Å²) in [7, 11) is 0. The molecule has 0 radical (unpaired) electrons. The first kappa shape index (κ1) is 15.3. The van der Waals surface area contributed by atoms with E-state index in [1.165, 1.54) is 12.1 Å². The Balaban J connectivity index is 2.11. The van der Waals surface area contributed by atoms with Crippen molar-refractivity contribution in [2.24, 2.45) is 5.92 Å². The molecule has 2 N–H and O–H groups in total. The van der Waals surface area contributed by atoms with Crippen molar-refractivity contribution in [3.05, 3.63) is 28.2 Å². The van der Waals surface area contributed by atoms with E-state index in [4.69, 9.17) is 0 Å². The zero-order valence-corrected chi connectivity index (χ0v) is 12.1. The molecule has 1 saturated heterocycles. The lowest BCUT2D eigenvalue weighted by Crippen LogP contribution is -2.37. The highest BCUT2D eigenvalue weighted by atomic mass is 79.9. The highest BCUT2D eigenvalue weighted by Crippen LogP contribution is 2.36. The fourth-order valence-electron chi connectivity index (χ4n) is 2.14. The van der Waals surface area contributed by atoms with Crippen molar-refractivity contribution < 1.29 is 18.0 Å². The number of nitrogens with one attached hydrogen (secondary N) is 2. The average Bonchev–Trinajstić information content (AvgIpc) is 2.40. The van der Waals surface area contributed by atoms with E-state index >= 15 is 0 Å². The van der Waals surface area contributed by atoms with Gasteiger partial charge in [0.15, 0.2) is 0 Å². The van der Waals surface area contributed by atoms with Gasteiger partial charge >= 0.3 is 6.18 Å². The standard InChI is InChI=1S/C13H14BrF3N2O/c14-11-4-3-9(6-10(11)13(15,16)17)19-12(20)8-2-1-5-18-7-8/h3-4,6,8,18H,1-2,5,7H2,(H,19,20)/t8-/m0/s1. The van der Waals surface area contributed by atoms with Crippen LogP contribution < -0.4 is 10.6 Å². The van der Waals surface area contributed by atoms with Crippen molar-refractivity contribution in [2.45, 2.75) is 19.0 Å². The van der Waals surface area contributed by atoms with E-state index in [1.54, 1.807) is 0 Å². The number of carbonyl (C=O) groups is 1. The van der Waals surface area contributed by atoms with Crippen molar-refractivity contribution in [1.82, 2.24) is 5.32 Å². The number of benzene rings is 1. The molecule has 1 aliphatic heterocycles. The van der Waals surface area contributed by atoms with Crippen LogP contribution in [0.3, 0.4) is 0 Å². The summed E-state index contributed by atoms with van der Waals surface area (Å²) in [4.78, 5) is 12.0. The van der Waals surface area contributed by atoms with Gasteiger partial charge in [-0.25, -0.2) is 0 Å². The summed E-state index contributed by atoms with van der Waals surface area (Å²) in [5, 5.41) is 5.65. The van der Waals surface area contributed by atoms with Gasteiger partial charge < -0.3 is 10.6 Å². The van der Waals surface area contributed by atoms with Gasteiger partial charge in [-0.2, -0.15) is 13.2 Å². The Hall–Kier alpha value is -1.08. The van der Waals surface area contributed by atoms with Crippen LogP contribution in [0.2, 0.25) is 0 Å². The molecule has 0 aromatic heterocycles. The average molecular weight is 351 g/mol. The van der Waals surface area contributed by atoms with Crippen LogP contribution >= 0.6 is 15.9 Å². The molecule has 1 atom stereocenters. The van der Waals surface area contributed by atoms with Crippen molar-refractivity contribution in [3.8, 4) is 0 Å². The highest BCUT2D eigenvalue weighted by Gasteiger charge is 2.33. The Morgan fingerprint density at radius 2 is 2.15 bits per heavy atom. The lowest BCUT2D eigenvalue weighted by molar-refractivity contribution is -0.138. The molecule has 1 fully saturated rings. The number of carbonyl (C=O) groups excluding carboxylic acids is 1. The van der Waals surface area contributed by atoms with Gasteiger partial charge in [-0.1, -0.05) is 15.9 Å². The number of hydrogen-bond acceptors (Lipinski definition) is 2. The van der Waals surface area contributed by atoms with E-state index in [-0.39, 0.29) is 22.0 Å². The summed E-state index contributed by atoms with van der Waals surface area (Å²) in [6.07, 6.45) is -2.81. The molecule has 0 unspecified atom stereocenters. The number of anilines is 1. The molecule has 1 aromatic carbocycles. The minimum Gasteiger partial charge on any atom is -0.326 e. The summed E-state index contributed by atoms with van der Waals surface area (Å²) in [5.41, 5.74) is -0.631. The Kier molecular flexibility index (Phi) is 4.70. The maximum atomic E-state index is 12.8. The molecular weight excluding hydrogens is 337 g/mol. The van der Waals surface area contributed by atoms with Gasteiger partial charge in [0, 0.05) is 16.7 Å². The Bertz CT molecular complexity index is 499. The van der Waals surface area contributed by atoms with Crippen LogP contribution in [0.1, 0.15) is 18.4 Å². The van der Waals surface area contributed by atoms with E-state index in [0.717, 1.165) is 25.5 Å². The first-order chi connectivity index (χ1) is 9.38. The molecule has 0 saturated carbocycles. The summed E-state index contributed by atoms with van der Waals surface area (Å²) in [5.74, 6) is -0.436. The molecule has 2 rings (SSSR count). The van der Waals surface area contributed by atoms with Crippen LogP contribution in [0.5, 0.6) is 0 Å². The van der Waals surface area contributed by atoms with Crippen molar-refractivity contribution in [2.75, 3.05) is 18.4 Å². The SMILES string of the molecule is O=C(Nc1ccc(Br)c(C(F)(F)F)c1)[C@H]1CCCNC1. The quantitative estimate of drug-likeness (QED) is 0.858. The second-order valence-corrected chi connectivity index (χ2v) is 5.58. The lowest BCUT2D eigenvalue weighted by atomic mass is 9.99. The third kappa shape index (κ3) is 3.73. The third-order valence-corrected chi connectivity index (χ3v) is 3.90. The summed E-state index contributed by atoms with van der Waals surface area (Å²) < 4.78 is 38.3. The number of amides is 1. The fraction of sp³-hybridized carbons (Fsp3) is 0.462. The molecular formula is C13H14BrF3N2O. The predicted molar refractivity (Wildman–Crippen MR) is 73.4 cm³/mol. The van der Waals surface area contributed by atoms with Gasteiger partial charge in [-0.15, -0.1) is 0 Å². The van der Waals surface area contributed by atoms with Crippen molar-refractivity contribution >= 4 is 27.5 Å². The maximum absolute atomic E-state index is 12.8. The fourth-order valence-corrected chi connectivity index (χ4v) is 2.61. The molecule has 1 aliphatic rings. The van der Waals surface area contributed by atoms with E-state index in [1.807, 2.05) is 0 Å². The molecule has 1 aromatic rings. The largest absolute Gasteiger partial charge is 0.417 e. The van der Waals surface area contributed by atoms with E-state index < -0.39 is 11.7 Å². The first-order valence-electron chi connectivity index (χ1n) is 6.26. The number of hydrogen-bond donors (Lipinski definition) is 2. The normalized spacial score (nSPS) is 19.7. The van der Waals surface area contributed by atoms with E-state index in [2.05, 4.69) is 26.6 Å². The first-order valence-corrected chi connectivity index (χ1v) is 7.05. The van der Waals surface area contributed by atoms with E-state index in [0.29, 0.717) is 6.54 Å². The predicted octanol–water partition coefficient (Wildman–Crippen LogP) is 3.41. The van der Waals surface area contributed by atoms with E-state index in [9.17, 15) is 18.0 Å². The Labute approximate surface area is 123 Å². The van der Waals surface area contributed by atoms with Crippen LogP contribution in [0.4, 0.5) is 18.9 Å². The topological polar surface area (TPSA) is 41.1 Å². The van der Waals surface area contributed by atoms with Gasteiger partial charge in [0.2, 0.25) is 5.91 Å². The summed E-state index contributed by atoms with van der Waals surface area (Å²) >= 11 is 2.87. The molecule has 3 nitrogen and oxygen atoms in total. The van der Waals surface area contributed by atoms with Crippen LogP contribution in [0.25, 0.3) is 0 Å². The smallest absolute Gasteiger partial charge is 0.326 e. The van der Waals surface area contributed by atoms with Crippen LogP contribution in [0, 0.1) is 5.92 Å². The maximum Gasteiger partial charge on any atom is 0.417 e. The Morgan fingerprint density at radius 1 is 1.40 bits per heavy atom. The zero-order chi connectivity index (χ0) is 14.8. The lowest BCUT2D eigenvalue weighted by Gasteiger charge is -2.22. The zero-order valence-electron chi connectivity index (χ0n) is 10.6. The summed E-state index contributed by atoms with van der Waals surface area (Å²) in [6, 6.07) is 3.68. The Morgan fingerprint density at radius 3 is 2.75 bits per heavy atom.